The number of hydrogen-bond donors (Lipinski definition) is 2. The van der Waals surface area contributed by atoms with E-state index in [2.05, 4.69) is 25.6 Å². The maximum Gasteiger partial charge on any atom is 0.291 e. The zero-order chi connectivity index (χ0) is 21.4. The lowest BCUT2D eigenvalue weighted by Crippen LogP contribution is -2.21. The highest BCUT2D eigenvalue weighted by molar-refractivity contribution is 6.07. The molecule has 5 rings (SSSR count). The Morgan fingerprint density at radius 1 is 1.03 bits per heavy atom. The fraction of sp³-hybridized carbons (Fsp3) is 0.0455. The van der Waals surface area contributed by atoms with Gasteiger partial charge in [0.25, 0.3) is 11.5 Å². The highest BCUT2D eigenvalue weighted by atomic mass is 19.1. The Bertz CT molecular complexity index is 1480. The Balaban J connectivity index is 1.50. The quantitative estimate of drug-likeness (QED) is 0.470. The standard InChI is InChI=1S/C22H15FN6O2/c23-15-10-8-13(9-11-15)12-29-20-18(27-28-29)21(30)26-19(25-20)22(31)24-17-7-3-5-14-4-1-2-6-16(14)17/h1-11H,12H2,(H,24,31)(H,25,26,30). The third-order valence-electron chi connectivity index (χ3n) is 4.87. The van der Waals surface area contributed by atoms with Crippen molar-refractivity contribution < 1.29 is 9.18 Å². The first kappa shape index (κ1) is 18.6. The minimum atomic E-state index is -0.571. The normalized spacial score (nSPS) is 11.1. The van der Waals surface area contributed by atoms with Gasteiger partial charge < -0.3 is 10.3 Å². The lowest BCUT2D eigenvalue weighted by molar-refractivity contribution is 0.101. The summed E-state index contributed by atoms with van der Waals surface area (Å²) in [4.78, 5) is 32.0. The van der Waals surface area contributed by atoms with Gasteiger partial charge in [0.2, 0.25) is 5.82 Å². The van der Waals surface area contributed by atoms with Gasteiger partial charge in [-0.3, -0.25) is 9.59 Å². The molecule has 0 aliphatic rings. The van der Waals surface area contributed by atoms with E-state index in [-0.39, 0.29) is 29.4 Å². The second-order valence-corrected chi connectivity index (χ2v) is 6.94. The number of rotatable bonds is 4. The molecule has 0 atom stereocenters. The number of halogens is 1. The van der Waals surface area contributed by atoms with Crippen LogP contribution in [-0.2, 0) is 6.54 Å². The molecule has 0 saturated carbocycles. The first-order valence-corrected chi connectivity index (χ1v) is 9.45. The molecule has 0 radical (unpaired) electrons. The molecule has 152 valence electrons. The van der Waals surface area contributed by atoms with Crippen LogP contribution in [0.3, 0.4) is 0 Å². The summed E-state index contributed by atoms with van der Waals surface area (Å²) in [6.45, 7) is 0.220. The predicted molar refractivity (Wildman–Crippen MR) is 113 cm³/mol. The zero-order valence-electron chi connectivity index (χ0n) is 16.0. The zero-order valence-corrected chi connectivity index (χ0v) is 16.0. The number of amides is 1. The average molecular weight is 414 g/mol. The molecule has 2 heterocycles. The number of fused-ring (bicyclic) bond motifs is 2. The summed E-state index contributed by atoms with van der Waals surface area (Å²) in [6.07, 6.45) is 0. The highest BCUT2D eigenvalue weighted by Gasteiger charge is 2.17. The van der Waals surface area contributed by atoms with Crippen LogP contribution in [0.25, 0.3) is 21.9 Å². The molecule has 9 heteroatoms. The van der Waals surface area contributed by atoms with Crippen LogP contribution in [-0.4, -0.2) is 30.9 Å². The summed E-state index contributed by atoms with van der Waals surface area (Å²) < 4.78 is 14.5. The molecular weight excluding hydrogens is 399 g/mol. The molecule has 31 heavy (non-hydrogen) atoms. The van der Waals surface area contributed by atoms with E-state index in [0.29, 0.717) is 5.69 Å². The number of carbonyl (C=O) groups excluding carboxylic acids is 1. The minimum Gasteiger partial charge on any atom is -0.319 e. The molecule has 8 nitrogen and oxygen atoms in total. The van der Waals surface area contributed by atoms with Crippen LogP contribution in [0, 0.1) is 5.82 Å². The fourth-order valence-corrected chi connectivity index (χ4v) is 3.36. The van der Waals surface area contributed by atoms with Gasteiger partial charge in [0, 0.05) is 11.1 Å². The van der Waals surface area contributed by atoms with Gasteiger partial charge in [-0.2, -0.15) is 0 Å². The summed E-state index contributed by atoms with van der Waals surface area (Å²) in [5.74, 6) is -1.08. The number of hydrogen-bond acceptors (Lipinski definition) is 5. The maximum absolute atomic E-state index is 13.2. The Hall–Kier alpha value is -4.40. The molecule has 0 spiro atoms. The topological polar surface area (TPSA) is 106 Å². The van der Waals surface area contributed by atoms with Crippen molar-refractivity contribution in [2.24, 2.45) is 0 Å². The van der Waals surface area contributed by atoms with Crippen molar-refractivity contribution in [2.45, 2.75) is 6.54 Å². The van der Waals surface area contributed by atoms with E-state index in [9.17, 15) is 14.0 Å². The van der Waals surface area contributed by atoms with Crippen molar-refractivity contribution in [2.75, 3.05) is 5.32 Å². The molecule has 0 fully saturated rings. The van der Waals surface area contributed by atoms with Crippen molar-refractivity contribution in [3.8, 4) is 0 Å². The van der Waals surface area contributed by atoms with Crippen molar-refractivity contribution in [1.29, 1.82) is 0 Å². The monoisotopic (exact) mass is 414 g/mol. The Labute approximate surface area is 174 Å². The molecule has 3 aromatic carbocycles. The molecule has 0 saturated heterocycles. The molecule has 2 aromatic heterocycles. The average Bonchev–Trinajstić information content (AvgIpc) is 3.19. The van der Waals surface area contributed by atoms with Crippen LogP contribution in [0.2, 0.25) is 0 Å². The summed E-state index contributed by atoms with van der Waals surface area (Å²) in [5, 5.41) is 12.5. The van der Waals surface area contributed by atoms with E-state index in [0.717, 1.165) is 16.3 Å². The summed E-state index contributed by atoms with van der Waals surface area (Å²) in [7, 11) is 0. The molecule has 0 bridgehead atoms. The molecule has 2 N–H and O–H groups in total. The van der Waals surface area contributed by atoms with Crippen molar-refractivity contribution in [3.05, 3.63) is 94.3 Å². The van der Waals surface area contributed by atoms with Crippen molar-refractivity contribution in [3.63, 3.8) is 0 Å². The molecule has 1 amide bonds. The Morgan fingerprint density at radius 2 is 1.81 bits per heavy atom. The lowest BCUT2D eigenvalue weighted by Gasteiger charge is -2.08. The van der Waals surface area contributed by atoms with Crippen LogP contribution >= 0.6 is 0 Å². The molecule has 0 aliphatic heterocycles. The minimum absolute atomic E-state index is 0.0174. The summed E-state index contributed by atoms with van der Waals surface area (Å²) >= 11 is 0. The lowest BCUT2D eigenvalue weighted by atomic mass is 10.1. The van der Waals surface area contributed by atoms with Gasteiger partial charge >= 0.3 is 0 Å². The van der Waals surface area contributed by atoms with E-state index in [1.165, 1.54) is 16.8 Å². The van der Waals surface area contributed by atoms with Gasteiger partial charge in [-0.15, -0.1) is 5.10 Å². The van der Waals surface area contributed by atoms with Crippen LogP contribution in [0.15, 0.2) is 71.5 Å². The number of anilines is 1. The number of nitrogens with one attached hydrogen (secondary N) is 2. The van der Waals surface area contributed by atoms with Gasteiger partial charge in [0.15, 0.2) is 11.2 Å². The SMILES string of the molecule is O=C(Nc1cccc2ccccc12)c1nc2c(nnn2Cc2ccc(F)cc2)c(=O)[nH]1. The van der Waals surface area contributed by atoms with E-state index < -0.39 is 11.5 Å². The second-order valence-electron chi connectivity index (χ2n) is 6.94. The number of benzene rings is 3. The summed E-state index contributed by atoms with van der Waals surface area (Å²) in [5.41, 5.74) is 0.958. The number of carbonyl (C=O) groups is 1. The van der Waals surface area contributed by atoms with Crippen LogP contribution < -0.4 is 10.9 Å². The van der Waals surface area contributed by atoms with Gasteiger partial charge in [-0.25, -0.2) is 14.1 Å². The van der Waals surface area contributed by atoms with Crippen LogP contribution in [0.1, 0.15) is 16.2 Å². The van der Waals surface area contributed by atoms with Gasteiger partial charge in [0.1, 0.15) is 5.82 Å². The third kappa shape index (κ3) is 3.52. The number of aromatic nitrogens is 5. The van der Waals surface area contributed by atoms with Crippen molar-refractivity contribution in [1.82, 2.24) is 25.0 Å². The first-order valence-electron chi connectivity index (χ1n) is 9.45. The Morgan fingerprint density at radius 3 is 2.65 bits per heavy atom. The molecular formula is C22H15FN6O2. The van der Waals surface area contributed by atoms with Gasteiger partial charge in [-0.1, -0.05) is 53.7 Å². The first-order chi connectivity index (χ1) is 15.1. The maximum atomic E-state index is 13.2. The molecule has 0 unspecified atom stereocenters. The number of H-pyrrole nitrogens is 1. The van der Waals surface area contributed by atoms with E-state index >= 15 is 0 Å². The largest absolute Gasteiger partial charge is 0.319 e. The van der Waals surface area contributed by atoms with Crippen LogP contribution in [0.5, 0.6) is 0 Å². The molecule has 0 aliphatic carbocycles. The van der Waals surface area contributed by atoms with E-state index in [1.54, 1.807) is 18.2 Å². The Kier molecular flexibility index (Phi) is 4.47. The predicted octanol–water partition coefficient (Wildman–Crippen LogP) is 3.11. The van der Waals surface area contributed by atoms with Crippen LogP contribution in [0.4, 0.5) is 10.1 Å². The fourth-order valence-electron chi connectivity index (χ4n) is 3.36. The second kappa shape index (κ2) is 7.45. The smallest absolute Gasteiger partial charge is 0.291 e. The van der Waals surface area contributed by atoms with E-state index in [4.69, 9.17) is 0 Å². The third-order valence-corrected chi connectivity index (χ3v) is 4.87. The van der Waals surface area contributed by atoms with E-state index in [1.807, 2.05) is 36.4 Å². The molecule has 5 aromatic rings. The summed E-state index contributed by atoms with van der Waals surface area (Å²) in [6, 6.07) is 19.0. The van der Waals surface area contributed by atoms with Crippen molar-refractivity contribution >= 4 is 33.5 Å². The number of nitrogens with zero attached hydrogens (tertiary/aromatic N) is 4. The highest BCUT2D eigenvalue weighted by Crippen LogP contribution is 2.23. The van der Waals surface area contributed by atoms with Gasteiger partial charge in [0.05, 0.1) is 6.54 Å². The number of aromatic amines is 1. The van der Waals surface area contributed by atoms with Gasteiger partial charge in [-0.05, 0) is 29.1 Å².